The van der Waals surface area contributed by atoms with Crippen LogP contribution in [0, 0.1) is 16.7 Å². The molecular weight excluding hydrogens is 438 g/mol. The number of pyridine rings is 1. The molecule has 0 unspecified atom stereocenters. The summed E-state index contributed by atoms with van der Waals surface area (Å²) in [4.78, 5) is 40.2. The Morgan fingerprint density at radius 3 is 2.35 bits per heavy atom. The van der Waals surface area contributed by atoms with E-state index < -0.39 is 23.3 Å². The molecule has 1 aromatic heterocycles. The largest absolute Gasteiger partial charge is 0.507 e. The quantitative estimate of drug-likeness (QED) is 0.338. The van der Waals surface area contributed by atoms with Crippen LogP contribution >= 0.6 is 0 Å². The van der Waals surface area contributed by atoms with Crippen LogP contribution in [0.4, 0.5) is 11.4 Å². The number of hydrogen-bond donors (Lipinski definition) is 5. The second kappa shape index (κ2) is 10.1. The van der Waals surface area contributed by atoms with Gasteiger partial charge in [-0.1, -0.05) is 6.92 Å². The van der Waals surface area contributed by atoms with Crippen LogP contribution in [0.2, 0.25) is 0 Å². The van der Waals surface area contributed by atoms with E-state index in [-0.39, 0.29) is 40.4 Å². The predicted molar refractivity (Wildman–Crippen MR) is 124 cm³/mol. The molecule has 2 amide bonds. The van der Waals surface area contributed by atoms with Gasteiger partial charge < -0.3 is 20.8 Å². The first-order chi connectivity index (χ1) is 16.2. The summed E-state index contributed by atoms with van der Waals surface area (Å²) in [5.74, 6) is -3.06. The lowest BCUT2D eigenvalue weighted by atomic mass is 9.98. The van der Waals surface area contributed by atoms with Crippen LogP contribution in [0.25, 0.3) is 11.1 Å². The van der Waals surface area contributed by atoms with Crippen LogP contribution in [0.15, 0.2) is 54.9 Å². The molecule has 0 saturated carbocycles. The predicted octanol–water partition coefficient (Wildman–Crippen LogP) is 3.38. The summed E-state index contributed by atoms with van der Waals surface area (Å²) in [6.45, 7) is 1.67. The number of nitrogens with one attached hydrogen (secondary N) is 3. The zero-order valence-electron chi connectivity index (χ0n) is 17.9. The number of carboxylic acid groups (broad SMARTS) is 1. The summed E-state index contributed by atoms with van der Waals surface area (Å²) >= 11 is 0. The third-order valence-electron chi connectivity index (χ3n) is 4.85. The summed E-state index contributed by atoms with van der Waals surface area (Å²) in [6.07, 6.45) is 3.26. The first-order valence-corrected chi connectivity index (χ1v) is 10.00. The van der Waals surface area contributed by atoms with E-state index in [1.165, 1.54) is 36.7 Å². The molecule has 1 heterocycles. The van der Waals surface area contributed by atoms with E-state index in [9.17, 15) is 24.6 Å². The zero-order valence-corrected chi connectivity index (χ0v) is 17.9. The van der Waals surface area contributed by atoms with Gasteiger partial charge in [0.05, 0.1) is 28.6 Å². The highest BCUT2D eigenvalue weighted by molar-refractivity contribution is 6.48. The van der Waals surface area contributed by atoms with Crippen molar-refractivity contribution in [1.82, 2.24) is 4.98 Å². The molecule has 0 atom stereocenters. The number of nitriles is 1. The number of amides is 2. The molecule has 0 bridgehead atoms. The van der Waals surface area contributed by atoms with Gasteiger partial charge in [-0.05, 0) is 42.0 Å². The minimum atomic E-state index is -1.36. The molecule has 34 heavy (non-hydrogen) atoms. The Morgan fingerprint density at radius 1 is 1.03 bits per heavy atom. The van der Waals surface area contributed by atoms with Crippen molar-refractivity contribution in [2.45, 2.75) is 13.3 Å². The van der Waals surface area contributed by atoms with Crippen molar-refractivity contribution in [3.05, 3.63) is 71.5 Å². The molecule has 0 aliphatic rings. The van der Waals surface area contributed by atoms with Crippen molar-refractivity contribution < 1.29 is 24.6 Å². The maximum atomic E-state index is 12.8. The van der Waals surface area contributed by atoms with Gasteiger partial charge in [-0.25, -0.2) is 4.79 Å². The number of hydrogen-bond acceptors (Lipinski definition) is 7. The van der Waals surface area contributed by atoms with E-state index >= 15 is 0 Å². The fourth-order valence-electron chi connectivity index (χ4n) is 3.11. The molecule has 0 fully saturated rings. The number of aromatic nitrogens is 1. The second-order valence-electron chi connectivity index (χ2n) is 7.06. The number of nitrogens with zero attached hydrogens (tertiary/aromatic N) is 2. The number of carbonyl (C=O) groups excluding carboxylic acids is 2. The summed E-state index contributed by atoms with van der Waals surface area (Å²) in [5.41, 5.74) is 0.241. The number of aromatic hydroxyl groups is 1. The van der Waals surface area contributed by atoms with Crippen molar-refractivity contribution >= 4 is 34.9 Å². The molecule has 5 N–H and O–H groups in total. The first-order valence-electron chi connectivity index (χ1n) is 10.00. The van der Waals surface area contributed by atoms with Crippen LogP contribution in [-0.4, -0.2) is 38.7 Å². The SMILES string of the molecule is CCC(=O)Nc1cc(O)c(C(=N)C(=O)Nc2ccc(C#N)cc2C(=O)O)cc1-c1ccncc1. The maximum Gasteiger partial charge on any atom is 0.337 e. The van der Waals surface area contributed by atoms with Crippen molar-refractivity contribution in [3.8, 4) is 22.9 Å². The monoisotopic (exact) mass is 457 g/mol. The number of carboxylic acids is 1. The number of phenols is 1. The van der Waals surface area contributed by atoms with Crippen LogP contribution in [0.5, 0.6) is 5.75 Å². The average molecular weight is 457 g/mol. The van der Waals surface area contributed by atoms with Crippen molar-refractivity contribution in [3.63, 3.8) is 0 Å². The van der Waals surface area contributed by atoms with Gasteiger partial charge in [0.25, 0.3) is 5.91 Å². The number of carbonyl (C=O) groups is 3. The lowest BCUT2D eigenvalue weighted by molar-refractivity contribution is -0.116. The molecule has 0 aliphatic heterocycles. The van der Waals surface area contributed by atoms with Crippen molar-refractivity contribution in [2.24, 2.45) is 0 Å². The Labute approximate surface area is 194 Å². The van der Waals surface area contributed by atoms with Crippen LogP contribution in [0.1, 0.15) is 34.8 Å². The highest BCUT2D eigenvalue weighted by Crippen LogP contribution is 2.34. The molecule has 10 heteroatoms. The van der Waals surface area contributed by atoms with E-state index in [0.29, 0.717) is 11.1 Å². The minimum Gasteiger partial charge on any atom is -0.507 e. The minimum absolute atomic E-state index is 0.0924. The summed E-state index contributed by atoms with van der Waals surface area (Å²) in [5, 5.41) is 42.2. The normalized spacial score (nSPS) is 10.1. The van der Waals surface area contributed by atoms with E-state index in [1.54, 1.807) is 19.1 Å². The Hall–Kier alpha value is -5.04. The van der Waals surface area contributed by atoms with Crippen molar-refractivity contribution in [2.75, 3.05) is 10.6 Å². The molecule has 170 valence electrons. The van der Waals surface area contributed by atoms with Gasteiger partial charge in [0.2, 0.25) is 5.91 Å². The number of rotatable bonds is 7. The molecule has 0 radical (unpaired) electrons. The standard InChI is InChI=1S/C24H19N5O5/c1-2-21(31)28-19-11-20(30)17(10-15(19)14-5-7-27-8-6-14)22(26)23(32)29-18-4-3-13(12-25)9-16(18)24(33)34/h3-11,26,30H,2H2,1H3,(H,28,31)(H,29,32)(H,33,34). The highest BCUT2D eigenvalue weighted by atomic mass is 16.4. The van der Waals surface area contributed by atoms with Gasteiger partial charge >= 0.3 is 5.97 Å². The number of phenolic OH excluding ortho intramolecular Hbond substituents is 1. The van der Waals surface area contributed by atoms with E-state index in [2.05, 4.69) is 15.6 Å². The zero-order chi connectivity index (χ0) is 24.8. The lowest BCUT2D eigenvalue weighted by Crippen LogP contribution is -2.24. The number of anilines is 2. The Kier molecular flexibility index (Phi) is 6.98. The smallest absolute Gasteiger partial charge is 0.337 e. The van der Waals surface area contributed by atoms with E-state index in [0.717, 1.165) is 6.07 Å². The van der Waals surface area contributed by atoms with Gasteiger partial charge in [-0.3, -0.25) is 20.0 Å². The Bertz CT molecular complexity index is 1350. The van der Waals surface area contributed by atoms with Crippen LogP contribution in [0.3, 0.4) is 0 Å². The molecular formula is C24H19N5O5. The molecule has 10 nitrogen and oxygen atoms in total. The van der Waals surface area contributed by atoms with Crippen molar-refractivity contribution in [1.29, 1.82) is 10.7 Å². The maximum absolute atomic E-state index is 12.8. The summed E-state index contributed by atoms with van der Waals surface area (Å²) in [7, 11) is 0. The molecule has 3 aromatic rings. The first kappa shape index (κ1) is 23.6. The third kappa shape index (κ3) is 5.05. The van der Waals surface area contributed by atoms with Crippen LogP contribution in [-0.2, 0) is 9.59 Å². The van der Waals surface area contributed by atoms with Gasteiger partial charge in [-0.2, -0.15) is 5.26 Å². The highest BCUT2D eigenvalue weighted by Gasteiger charge is 2.22. The third-order valence-corrected chi connectivity index (χ3v) is 4.85. The molecule has 0 aliphatic carbocycles. The van der Waals surface area contributed by atoms with Gasteiger partial charge in [0.15, 0.2) is 0 Å². The average Bonchev–Trinajstić information content (AvgIpc) is 2.84. The fourth-order valence-corrected chi connectivity index (χ4v) is 3.11. The van der Waals surface area contributed by atoms with Gasteiger partial charge in [0, 0.05) is 36.0 Å². The van der Waals surface area contributed by atoms with E-state index in [4.69, 9.17) is 10.7 Å². The summed E-state index contributed by atoms with van der Waals surface area (Å²) in [6, 6.07) is 11.5. The molecule has 2 aromatic carbocycles. The number of aromatic carboxylic acids is 1. The van der Waals surface area contributed by atoms with Crippen LogP contribution < -0.4 is 10.6 Å². The molecule has 0 saturated heterocycles. The Morgan fingerprint density at radius 2 is 1.74 bits per heavy atom. The fraction of sp³-hybridized carbons (Fsp3) is 0.0833. The van der Waals surface area contributed by atoms with Gasteiger partial charge in [-0.15, -0.1) is 0 Å². The molecule has 3 rings (SSSR count). The number of benzene rings is 2. The topological polar surface area (TPSA) is 176 Å². The lowest BCUT2D eigenvalue weighted by Gasteiger charge is -2.16. The second-order valence-corrected chi connectivity index (χ2v) is 7.06. The molecule has 0 spiro atoms. The van der Waals surface area contributed by atoms with E-state index in [1.807, 2.05) is 6.07 Å². The van der Waals surface area contributed by atoms with Gasteiger partial charge in [0.1, 0.15) is 11.5 Å². The Balaban J connectivity index is 2.00. The summed E-state index contributed by atoms with van der Waals surface area (Å²) < 4.78 is 0.